The van der Waals surface area contributed by atoms with Gasteiger partial charge in [-0.2, -0.15) is 0 Å². The van der Waals surface area contributed by atoms with Crippen LogP contribution in [0.15, 0.2) is 17.6 Å². The van der Waals surface area contributed by atoms with Gasteiger partial charge in [-0.1, -0.05) is 32.0 Å². The molecule has 2 atom stereocenters. The summed E-state index contributed by atoms with van der Waals surface area (Å²) in [6.45, 7) is 6.50. The summed E-state index contributed by atoms with van der Waals surface area (Å²) in [5, 5.41) is 4.23. The van der Waals surface area contributed by atoms with Gasteiger partial charge in [-0.05, 0) is 25.5 Å². The minimum Gasteiger partial charge on any atom is -0.316 e. The molecule has 0 amide bonds. The second-order valence-corrected chi connectivity index (χ2v) is 5.12. The van der Waals surface area contributed by atoms with E-state index in [0.29, 0.717) is 12.0 Å². The molecule has 0 fully saturated rings. The minimum absolute atomic E-state index is 0.528. The van der Waals surface area contributed by atoms with E-state index < -0.39 is 0 Å². The second kappa shape index (κ2) is 6.86. The molecule has 16 heavy (non-hydrogen) atoms. The zero-order chi connectivity index (χ0) is 12.0. The molecule has 0 radical (unpaired) electrons. The lowest BCUT2D eigenvalue weighted by molar-refractivity contribution is 0.420. The molecule has 1 aromatic heterocycles. The molecule has 4 heteroatoms. The fourth-order valence-electron chi connectivity index (χ4n) is 1.44. The van der Waals surface area contributed by atoms with E-state index >= 15 is 0 Å². The molecule has 1 heterocycles. The number of aryl methyl sites for hydroxylation is 1. The fourth-order valence-corrected chi connectivity index (χ4v) is 2.51. The standard InChI is InChI=1S/C12H21N3S/c1-5-10(3)11(13-4)8-16-12-14-6-9(2)7-15-12/h6-7,10-11,13H,5,8H2,1-4H3. The van der Waals surface area contributed by atoms with E-state index in [9.17, 15) is 0 Å². The molecule has 0 spiro atoms. The Kier molecular flexibility index (Phi) is 5.77. The third-order valence-electron chi connectivity index (χ3n) is 2.85. The predicted molar refractivity (Wildman–Crippen MR) is 69.8 cm³/mol. The maximum absolute atomic E-state index is 4.29. The number of aromatic nitrogens is 2. The number of hydrogen-bond acceptors (Lipinski definition) is 4. The first kappa shape index (κ1) is 13.5. The van der Waals surface area contributed by atoms with Gasteiger partial charge in [0.2, 0.25) is 0 Å². The summed E-state index contributed by atoms with van der Waals surface area (Å²) in [5.41, 5.74) is 1.11. The number of nitrogens with one attached hydrogen (secondary N) is 1. The van der Waals surface area contributed by atoms with Gasteiger partial charge in [0.15, 0.2) is 5.16 Å². The molecule has 0 saturated heterocycles. The largest absolute Gasteiger partial charge is 0.316 e. The first-order valence-corrected chi connectivity index (χ1v) is 6.74. The quantitative estimate of drug-likeness (QED) is 0.611. The van der Waals surface area contributed by atoms with Crippen molar-refractivity contribution in [1.82, 2.24) is 15.3 Å². The fraction of sp³-hybridized carbons (Fsp3) is 0.667. The minimum atomic E-state index is 0.528. The normalized spacial score (nSPS) is 14.8. The van der Waals surface area contributed by atoms with Crippen LogP contribution in [0, 0.1) is 12.8 Å². The van der Waals surface area contributed by atoms with Crippen LogP contribution in [0.3, 0.4) is 0 Å². The van der Waals surface area contributed by atoms with Gasteiger partial charge in [0.25, 0.3) is 0 Å². The molecule has 1 rings (SSSR count). The summed E-state index contributed by atoms with van der Waals surface area (Å²) in [4.78, 5) is 8.59. The Labute approximate surface area is 102 Å². The van der Waals surface area contributed by atoms with Gasteiger partial charge in [-0.3, -0.25) is 0 Å². The van der Waals surface area contributed by atoms with Gasteiger partial charge in [-0.15, -0.1) is 0 Å². The van der Waals surface area contributed by atoms with E-state index in [1.807, 2.05) is 26.4 Å². The molecular weight excluding hydrogens is 218 g/mol. The first-order valence-electron chi connectivity index (χ1n) is 5.76. The van der Waals surface area contributed by atoms with Crippen molar-refractivity contribution in [2.24, 2.45) is 5.92 Å². The van der Waals surface area contributed by atoms with Crippen LogP contribution < -0.4 is 5.32 Å². The van der Waals surface area contributed by atoms with Crippen LogP contribution in [0.1, 0.15) is 25.8 Å². The summed E-state index contributed by atoms with van der Waals surface area (Å²) in [6, 6.07) is 0.528. The van der Waals surface area contributed by atoms with Crippen molar-refractivity contribution in [3.63, 3.8) is 0 Å². The lowest BCUT2D eigenvalue weighted by Crippen LogP contribution is -2.34. The lowest BCUT2D eigenvalue weighted by atomic mass is 10.0. The van der Waals surface area contributed by atoms with Gasteiger partial charge in [0.1, 0.15) is 0 Å². The van der Waals surface area contributed by atoms with Crippen molar-refractivity contribution in [2.75, 3.05) is 12.8 Å². The van der Waals surface area contributed by atoms with E-state index in [2.05, 4.69) is 29.1 Å². The Morgan fingerprint density at radius 3 is 2.50 bits per heavy atom. The van der Waals surface area contributed by atoms with Crippen LogP contribution in [0.25, 0.3) is 0 Å². The Morgan fingerprint density at radius 2 is 2.00 bits per heavy atom. The second-order valence-electron chi connectivity index (χ2n) is 4.13. The Hall–Kier alpha value is -0.610. The van der Waals surface area contributed by atoms with Crippen LogP contribution in [0.2, 0.25) is 0 Å². The summed E-state index contributed by atoms with van der Waals surface area (Å²) in [6.07, 6.45) is 4.93. The Balaban J connectivity index is 2.46. The van der Waals surface area contributed by atoms with E-state index in [4.69, 9.17) is 0 Å². The summed E-state index contributed by atoms with van der Waals surface area (Å²) >= 11 is 1.72. The van der Waals surface area contributed by atoms with Gasteiger partial charge >= 0.3 is 0 Å². The average molecular weight is 239 g/mol. The molecule has 1 N–H and O–H groups in total. The molecule has 0 aliphatic carbocycles. The van der Waals surface area contributed by atoms with E-state index in [1.165, 1.54) is 6.42 Å². The highest BCUT2D eigenvalue weighted by Gasteiger charge is 2.14. The van der Waals surface area contributed by atoms with E-state index in [0.717, 1.165) is 16.5 Å². The first-order chi connectivity index (χ1) is 7.67. The maximum Gasteiger partial charge on any atom is 0.187 e. The third-order valence-corrected chi connectivity index (χ3v) is 3.85. The number of thioether (sulfide) groups is 1. The number of nitrogens with zero attached hydrogens (tertiary/aromatic N) is 2. The van der Waals surface area contributed by atoms with Crippen molar-refractivity contribution in [3.05, 3.63) is 18.0 Å². The number of hydrogen-bond donors (Lipinski definition) is 1. The zero-order valence-electron chi connectivity index (χ0n) is 10.5. The van der Waals surface area contributed by atoms with Crippen LogP contribution in [0.4, 0.5) is 0 Å². The van der Waals surface area contributed by atoms with Crippen LogP contribution in [0.5, 0.6) is 0 Å². The highest BCUT2D eigenvalue weighted by Crippen LogP contribution is 2.18. The molecule has 0 saturated carbocycles. The Bertz CT molecular complexity index is 300. The van der Waals surface area contributed by atoms with Crippen LogP contribution >= 0.6 is 11.8 Å². The highest BCUT2D eigenvalue weighted by molar-refractivity contribution is 7.99. The summed E-state index contributed by atoms with van der Waals surface area (Å²) in [5.74, 6) is 1.71. The molecule has 0 aromatic carbocycles. The van der Waals surface area contributed by atoms with Crippen molar-refractivity contribution in [2.45, 2.75) is 38.4 Å². The third kappa shape index (κ3) is 4.10. The van der Waals surface area contributed by atoms with Crippen molar-refractivity contribution < 1.29 is 0 Å². The highest BCUT2D eigenvalue weighted by atomic mass is 32.2. The van der Waals surface area contributed by atoms with E-state index in [-0.39, 0.29) is 0 Å². The average Bonchev–Trinajstić information content (AvgIpc) is 2.31. The monoisotopic (exact) mass is 239 g/mol. The summed E-state index contributed by atoms with van der Waals surface area (Å²) in [7, 11) is 2.02. The van der Waals surface area contributed by atoms with Crippen molar-refractivity contribution in [3.8, 4) is 0 Å². The van der Waals surface area contributed by atoms with E-state index in [1.54, 1.807) is 11.8 Å². The van der Waals surface area contributed by atoms with Crippen LogP contribution in [-0.2, 0) is 0 Å². The van der Waals surface area contributed by atoms with Gasteiger partial charge in [0.05, 0.1) is 0 Å². The molecule has 3 nitrogen and oxygen atoms in total. The van der Waals surface area contributed by atoms with Gasteiger partial charge in [0, 0.05) is 24.2 Å². The molecule has 0 bridgehead atoms. The smallest absolute Gasteiger partial charge is 0.187 e. The lowest BCUT2D eigenvalue weighted by Gasteiger charge is -2.21. The zero-order valence-corrected chi connectivity index (χ0v) is 11.3. The SMILES string of the molecule is CCC(C)C(CSc1ncc(C)cn1)NC. The predicted octanol–water partition coefficient (Wildman–Crippen LogP) is 2.51. The molecule has 1 aromatic rings. The van der Waals surface area contributed by atoms with Crippen LogP contribution in [-0.4, -0.2) is 28.8 Å². The summed E-state index contributed by atoms with van der Waals surface area (Å²) < 4.78 is 0. The number of rotatable bonds is 6. The molecule has 90 valence electrons. The molecule has 0 aliphatic heterocycles. The van der Waals surface area contributed by atoms with Gasteiger partial charge < -0.3 is 5.32 Å². The molecule has 2 unspecified atom stereocenters. The van der Waals surface area contributed by atoms with Crippen molar-refractivity contribution in [1.29, 1.82) is 0 Å². The van der Waals surface area contributed by atoms with Gasteiger partial charge in [-0.25, -0.2) is 9.97 Å². The molecular formula is C12H21N3S. The van der Waals surface area contributed by atoms with Crippen molar-refractivity contribution >= 4 is 11.8 Å². The molecule has 0 aliphatic rings. The topological polar surface area (TPSA) is 37.8 Å². The Morgan fingerprint density at radius 1 is 1.38 bits per heavy atom. The maximum atomic E-state index is 4.29.